The second-order valence-corrected chi connectivity index (χ2v) is 6.25. The molecule has 4 nitrogen and oxygen atoms in total. The van der Waals surface area contributed by atoms with Gasteiger partial charge in [0.25, 0.3) is 0 Å². The van der Waals surface area contributed by atoms with E-state index < -0.39 is 10.0 Å². The van der Waals surface area contributed by atoms with E-state index in [2.05, 4.69) is 4.72 Å². The number of halogens is 1. The zero-order valence-electron chi connectivity index (χ0n) is 10.3. The lowest BCUT2D eigenvalue weighted by atomic mass is 10.2. The molecule has 1 saturated carbocycles. The Hall–Kier alpha value is -0.620. The second-order valence-electron chi connectivity index (χ2n) is 4.57. The summed E-state index contributed by atoms with van der Waals surface area (Å²) >= 11 is 0. The molecule has 1 aromatic carbocycles. The Morgan fingerprint density at radius 2 is 2.00 bits per heavy atom. The molecule has 0 spiro atoms. The van der Waals surface area contributed by atoms with E-state index in [0.717, 1.165) is 18.4 Å². The van der Waals surface area contributed by atoms with Crippen molar-refractivity contribution in [2.75, 3.05) is 6.54 Å². The van der Waals surface area contributed by atoms with E-state index >= 15 is 0 Å². The molecule has 3 N–H and O–H groups in total. The molecule has 0 heterocycles. The summed E-state index contributed by atoms with van der Waals surface area (Å²) in [5.41, 5.74) is 6.37. The number of rotatable bonds is 5. The van der Waals surface area contributed by atoms with E-state index in [1.54, 1.807) is 25.1 Å². The van der Waals surface area contributed by atoms with Crippen LogP contribution in [-0.2, 0) is 10.0 Å². The first kappa shape index (κ1) is 15.4. The highest BCUT2D eigenvalue weighted by molar-refractivity contribution is 7.89. The lowest BCUT2D eigenvalue weighted by molar-refractivity contribution is 0.519. The number of nitrogens with one attached hydrogen (secondary N) is 1. The smallest absolute Gasteiger partial charge is 0.241 e. The molecule has 1 fully saturated rings. The third kappa shape index (κ3) is 3.45. The second kappa shape index (κ2) is 6.02. The topological polar surface area (TPSA) is 72.2 Å². The molecule has 1 aliphatic rings. The van der Waals surface area contributed by atoms with Crippen molar-refractivity contribution in [1.82, 2.24) is 4.72 Å². The molecule has 0 amide bonds. The number of nitrogens with two attached hydrogens (primary N) is 1. The fraction of sp³-hybridized carbons (Fsp3) is 0.500. The fourth-order valence-corrected chi connectivity index (χ4v) is 3.52. The fourth-order valence-electron chi connectivity index (χ4n) is 1.96. The molecule has 0 radical (unpaired) electrons. The average molecular weight is 291 g/mol. The lowest BCUT2D eigenvalue weighted by Gasteiger charge is -2.17. The van der Waals surface area contributed by atoms with Crippen LogP contribution in [0.4, 0.5) is 0 Å². The molecular formula is C12H19ClN2O2S. The SMILES string of the molecule is Cc1ccccc1S(=O)(=O)NC(CN)C1CC1.Cl. The summed E-state index contributed by atoms with van der Waals surface area (Å²) < 4.78 is 27.1. The first-order valence-electron chi connectivity index (χ1n) is 5.82. The van der Waals surface area contributed by atoms with Crippen LogP contribution in [0.25, 0.3) is 0 Å². The van der Waals surface area contributed by atoms with Gasteiger partial charge in [0.2, 0.25) is 10.0 Å². The molecule has 0 saturated heterocycles. The number of hydrogen-bond acceptors (Lipinski definition) is 3. The third-order valence-electron chi connectivity index (χ3n) is 3.13. The van der Waals surface area contributed by atoms with E-state index in [1.807, 2.05) is 6.07 Å². The van der Waals surface area contributed by atoms with Gasteiger partial charge in [0, 0.05) is 12.6 Å². The van der Waals surface area contributed by atoms with E-state index in [1.165, 1.54) is 0 Å². The summed E-state index contributed by atoms with van der Waals surface area (Å²) in [7, 11) is -3.44. The standard InChI is InChI=1S/C12H18N2O2S.ClH/c1-9-4-2-3-5-12(9)17(15,16)14-11(8-13)10-6-7-10;/h2-5,10-11,14H,6-8,13H2,1H3;1H. The third-order valence-corrected chi connectivity index (χ3v) is 4.78. The monoisotopic (exact) mass is 290 g/mol. The van der Waals surface area contributed by atoms with Gasteiger partial charge in [-0.2, -0.15) is 0 Å². The van der Waals surface area contributed by atoms with Crippen molar-refractivity contribution < 1.29 is 8.42 Å². The zero-order chi connectivity index (χ0) is 12.5. The van der Waals surface area contributed by atoms with Crippen molar-refractivity contribution in [2.45, 2.75) is 30.7 Å². The Balaban J connectivity index is 0.00000162. The Morgan fingerprint density at radius 1 is 1.39 bits per heavy atom. The van der Waals surface area contributed by atoms with Crippen molar-refractivity contribution >= 4 is 22.4 Å². The van der Waals surface area contributed by atoms with Crippen LogP contribution in [0.3, 0.4) is 0 Å². The van der Waals surface area contributed by atoms with Gasteiger partial charge in [-0.15, -0.1) is 12.4 Å². The van der Waals surface area contributed by atoms with Crippen LogP contribution in [0, 0.1) is 12.8 Å². The van der Waals surface area contributed by atoms with Crippen molar-refractivity contribution in [3.05, 3.63) is 29.8 Å². The minimum Gasteiger partial charge on any atom is -0.329 e. The first-order valence-corrected chi connectivity index (χ1v) is 7.31. The predicted octanol–water partition coefficient (Wildman–Crippen LogP) is 1.43. The molecule has 1 unspecified atom stereocenters. The van der Waals surface area contributed by atoms with Gasteiger partial charge in [0.1, 0.15) is 0 Å². The largest absolute Gasteiger partial charge is 0.329 e. The molecule has 0 aliphatic heterocycles. The molecule has 102 valence electrons. The van der Waals surface area contributed by atoms with Crippen molar-refractivity contribution in [3.63, 3.8) is 0 Å². The van der Waals surface area contributed by atoms with Crippen LogP contribution in [0.15, 0.2) is 29.2 Å². The van der Waals surface area contributed by atoms with E-state index in [9.17, 15) is 8.42 Å². The average Bonchev–Trinajstić information content (AvgIpc) is 3.10. The van der Waals surface area contributed by atoms with Crippen LogP contribution in [0.1, 0.15) is 18.4 Å². The van der Waals surface area contributed by atoms with Crippen molar-refractivity contribution in [2.24, 2.45) is 11.7 Å². The molecule has 18 heavy (non-hydrogen) atoms. The number of benzene rings is 1. The molecular weight excluding hydrogens is 272 g/mol. The summed E-state index contributed by atoms with van der Waals surface area (Å²) in [5, 5.41) is 0. The molecule has 0 aromatic heterocycles. The van der Waals surface area contributed by atoms with E-state index in [0.29, 0.717) is 17.4 Å². The Morgan fingerprint density at radius 3 is 2.50 bits per heavy atom. The normalized spacial score (nSPS) is 17.0. The van der Waals surface area contributed by atoms with Crippen molar-refractivity contribution in [3.8, 4) is 0 Å². The highest BCUT2D eigenvalue weighted by Crippen LogP contribution is 2.33. The maximum Gasteiger partial charge on any atom is 0.241 e. The summed E-state index contributed by atoms with van der Waals surface area (Å²) in [6.07, 6.45) is 2.14. The van der Waals surface area contributed by atoms with Gasteiger partial charge >= 0.3 is 0 Å². The summed E-state index contributed by atoms with van der Waals surface area (Å²) in [5.74, 6) is 0.416. The lowest BCUT2D eigenvalue weighted by Crippen LogP contribution is -2.41. The van der Waals surface area contributed by atoms with Crippen LogP contribution in [0.2, 0.25) is 0 Å². The molecule has 1 aliphatic carbocycles. The predicted molar refractivity (Wildman–Crippen MR) is 74.3 cm³/mol. The van der Waals surface area contributed by atoms with Gasteiger partial charge in [-0.05, 0) is 37.3 Å². The van der Waals surface area contributed by atoms with Gasteiger partial charge in [0.15, 0.2) is 0 Å². The Labute approximate surface area is 114 Å². The molecule has 0 bridgehead atoms. The highest BCUT2D eigenvalue weighted by Gasteiger charge is 2.33. The van der Waals surface area contributed by atoms with Gasteiger partial charge < -0.3 is 5.73 Å². The molecule has 1 aromatic rings. The minimum absolute atomic E-state index is 0. The Bertz CT molecular complexity index is 501. The van der Waals surface area contributed by atoms with Gasteiger partial charge in [-0.3, -0.25) is 0 Å². The quantitative estimate of drug-likeness (QED) is 0.862. The van der Waals surface area contributed by atoms with E-state index in [-0.39, 0.29) is 18.4 Å². The van der Waals surface area contributed by atoms with Crippen molar-refractivity contribution in [1.29, 1.82) is 0 Å². The summed E-state index contributed by atoms with van der Waals surface area (Å²) in [6, 6.07) is 6.85. The van der Waals surface area contributed by atoms with Gasteiger partial charge in [0.05, 0.1) is 4.90 Å². The number of aryl methyl sites for hydroxylation is 1. The summed E-state index contributed by atoms with van der Waals surface area (Å²) in [4.78, 5) is 0.346. The van der Waals surface area contributed by atoms with Crippen LogP contribution < -0.4 is 10.5 Å². The molecule has 1 atom stereocenters. The summed E-state index contributed by atoms with van der Waals surface area (Å²) in [6.45, 7) is 2.15. The van der Waals surface area contributed by atoms with E-state index in [4.69, 9.17) is 5.73 Å². The maximum absolute atomic E-state index is 12.2. The number of sulfonamides is 1. The van der Waals surface area contributed by atoms with Crippen LogP contribution in [0.5, 0.6) is 0 Å². The first-order chi connectivity index (χ1) is 8.04. The van der Waals surface area contributed by atoms with Gasteiger partial charge in [-0.1, -0.05) is 18.2 Å². The van der Waals surface area contributed by atoms with Crippen LogP contribution in [-0.4, -0.2) is 21.0 Å². The van der Waals surface area contributed by atoms with Crippen LogP contribution >= 0.6 is 12.4 Å². The maximum atomic E-state index is 12.2. The molecule has 6 heteroatoms. The number of hydrogen-bond donors (Lipinski definition) is 2. The highest BCUT2D eigenvalue weighted by atomic mass is 35.5. The van der Waals surface area contributed by atoms with Gasteiger partial charge in [-0.25, -0.2) is 13.1 Å². The zero-order valence-corrected chi connectivity index (χ0v) is 11.9. The molecule has 2 rings (SSSR count). The minimum atomic E-state index is -3.44. The Kier molecular flexibility index (Phi) is 5.16.